The Morgan fingerprint density at radius 1 is 1.36 bits per heavy atom. The predicted octanol–water partition coefficient (Wildman–Crippen LogP) is 3.19. The number of piperidine rings is 1. The van der Waals surface area contributed by atoms with Crippen LogP contribution in [0.1, 0.15) is 39.8 Å². The molecule has 0 unspecified atom stereocenters. The fourth-order valence-corrected chi connectivity index (χ4v) is 3.73. The Labute approximate surface area is 138 Å². The minimum atomic E-state index is -0.142. The molecule has 0 spiro atoms. The van der Waals surface area contributed by atoms with Gasteiger partial charge >= 0.3 is 0 Å². The second-order valence-electron chi connectivity index (χ2n) is 5.37. The molecule has 22 heavy (non-hydrogen) atoms. The van der Waals surface area contributed by atoms with Gasteiger partial charge in [0.2, 0.25) is 0 Å². The van der Waals surface area contributed by atoms with Gasteiger partial charge in [-0.1, -0.05) is 29.8 Å². The third kappa shape index (κ3) is 3.66. The number of thiazole rings is 1. The number of nitrogens with one attached hydrogen (secondary N) is 2. The highest BCUT2D eigenvalue weighted by atomic mass is 35.5. The fourth-order valence-electron chi connectivity index (χ4n) is 2.56. The van der Waals surface area contributed by atoms with Crippen LogP contribution in [0.3, 0.4) is 0 Å². The highest BCUT2D eigenvalue weighted by Crippen LogP contribution is 2.27. The number of carbonyl (C=O) groups is 1. The van der Waals surface area contributed by atoms with E-state index < -0.39 is 0 Å². The van der Waals surface area contributed by atoms with Crippen molar-refractivity contribution in [3.05, 3.63) is 50.9 Å². The lowest BCUT2D eigenvalue weighted by Crippen LogP contribution is -2.27. The van der Waals surface area contributed by atoms with Crippen LogP contribution >= 0.6 is 22.9 Å². The molecule has 1 aromatic heterocycles. The maximum Gasteiger partial charge on any atom is 0.271 e. The number of hydrogen-bond donors (Lipinski definition) is 2. The zero-order valence-electron chi connectivity index (χ0n) is 12.1. The summed E-state index contributed by atoms with van der Waals surface area (Å²) in [5.41, 5.74) is 1.41. The highest BCUT2D eigenvalue weighted by Gasteiger charge is 2.20. The summed E-state index contributed by atoms with van der Waals surface area (Å²) in [6, 6.07) is 7.51. The summed E-state index contributed by atoms with van der Waals surface area (Å²) >= 11 is 7.67. The molecule has 1 aliphatic rings. The lowest BCUT2D eigenvalue weighted by Gasteiger charge is -2.20. The van der Waals surface area contributed by atoms with E-state index in [1.54, 1.807) is 11.3 Å². The Morgan fingerprint density at radius 2 is 2.14 bits per heavy atom. The maximum atomic E-state index is 12.2. The largest absolute Gasteiger partial charge is 0.347 e. The number of aromatic nitrogens is 1. The molecule has 1 fully saturated rings. The smallest absolute Gasteiger partial charge is 0.271 e. The van der Waals surface area contributed by atoms with E-state index in [4.69, 9.17) is 11.6 Å². The third-order valence-corrected chi connectivity index (χ3v) is 5.22. The molecular weight excluding hydrogens is 318 g/mol. The van der Waals surface area contributed by atoms with Gasteiger partial charge in [0.1, 0.15) is 5.69 Å². The van der Waals surface area contributed by atoms with Crippen molar-refractivity contribution in [1.82, 2.24) is 15.6 Å². The monoisotopic (exact) mass is 335 g/mol. The Balaban J connectivity index is 1.61. The van der Waals surface area contributed by atoms with E-state index in [1.165, 1.54) is 0 Å². The first kappa shape index (κ1) is 15.5. The number of nitrogens with zero attached hydrogens (tertiary/aromatic N) is 1. The van der Waals surface area contributed by atoms with Crippen molar-refractivity contribution in [2.75, 3.05) is 13.1 Å². The molecule has 0 bridgehead atoms. The van der Waals surface area contributed by atoms with E-state index in [-0.39, 0.29) is 5.91 Å². The zero-order chi connectivity index (χ0) is 15.4. The van der Waals surface area contributed by atoms with Crippen LogP contribution in [0.2, 0.25) is 5.02 Å². The van der Waals surface area contributed by atoms with E-state index in [9.17, 15) is 4.79 Å². The molecule has 3 rings (SSSR count). The first-order chi connectivity index (χ1) is 10.7. The van der Waals surface area contributed by atoms with Crippen molar-refractivity contribution in [2.24, 2.45) is 0 Å². The van der Waals surface area contributed by atoms with Crippen LogP contribution in [-0.4, -0.2) is 24.0 Å². The van der Waals surface area contributed by atoms with Crippen LogP contribution < -0.4 is 10.6 Å². The van der Waals surface area contributed by atoms with Crippen LogP contribution in [-0.2, 0) is 6.54 Å². The summed E-state index contributed by atoms with van der Waals surface area (Å²) in [7, 11) is 0. The van der Waals surface area contributed by atoms with Gasteiger partial charge < -0.3 is 10.6 Å². The molecule has 116 valence electrons. The molecule has 1 amide bonds. The molecule has 1 aromatic carbocycles. The van der Waals surface area contributed by atoms with Crippen molar-refractivity contribution in [3.8, 4) is 0 Å². The van der Waals surface area contributed by atoms with Crippen LogP contribution in [0.15, 0.2) is 29.6 Å². The van der Waals surface area contributed by atoms with Crippen LogP contribution in [0, 0.1) is 0 Å². The van der Waals surface area contributed by atoms with Gasteiger partial charge in [-0.2, -0.15) is 0 Å². The Bertz CT molecular complexity index is 652. The van der Waals surface area contributed by atoms with Crippen molar-refractivity contribution in [2.45, 2.75) is 25.3 Å². The molecule has 2 heterocycles. The van der Waals surface area contributed by atoms with Crippen molar-refractivity contribution >= 4 is 28.8 Å². The van der Waals surface area contributed by atoms with Gasteiger partial charge in [0.15, 0.2) is 0 Å². The number of halogens is 1. The Hall–Kier alpha value is -1.43. The number of rotatable bonds is 4. The number of hydrogen-bond acceptors (Lipinski definition) is 4. The molecule has 0 saturated carbocycles. The summed E-state index contributed by atoms with van der Waals surface area (Å²) in [6.07, 6.45) is 2.18. The fraction of sp³-hybridized carbons (Fsp3) is 0.375. The summed E-state index contributed by atoms with van der Waals surface area (Å²) in [4.78, 5) is 16.7. The molecule has 1 aliphatic heterocycles. The first-order valence-electron chi connectivity index (χ1n) is 7.42. The normalized spacial score (nSPS) is 15.7. The molecule has 1 saturated heterocycles. The quantitative estimate of drug-likeness (QED) is 0.902. The SMILES string of the molecule is O=C(NCc1ccccc1Cl)c1csc(C2CCNCC2)n1. The van der Waals surface area contributed by atoms with E-state index in [1.807, 2.05) is 29.6 Å². The van der Waals surface area contributed by atoms with Crippen LogP contribution in [0.25, 0.3) is 0 Å². The van der Waals surface area contributed by atoms with Crippen molar-refractivity contribution < 1.29 is 4.79 Å². The summed E-state index contributed by atoms with van der Waals surface area (Å²) in [5.74, 6) is 0.340. The molecule has 4 nitrogen and oxygen atoms in total. The molecule has 2 aromatic rings. The van der Waals surface area contributed by atoms with Gasteiger partial charge in [0, 0.05) is 22.9 Å². The zero-order valence-corrected chi connectivity index (χ0v) is 13.7. The molecule has 6 heteroatoms. The molecule has 0 atom stereocenters. The van der Waals surface area contributed by atoms with Crippen molar-refractivity contribution in [3.63, 3.8) is 0 Å². The summed E-state index contributed by atoms with van der Waals surface area (Å²) < 4.78 is 0. The van der Waals surface area contributed by atoms with Crippen LogP contribution in [0.4, 0.5) is 0 Å². The standard InChI is InChI=1S/C16H18ClN3OS/c17-13-4-2-1-3-12(13)9-19-15(21)14-10-22-16(20-14)11-5-7-18-8-6-11/h1-4,10-11,18H,5-9H2,(H,19,21). The lowest BCUT2D eigenvalue weighted by atomic mass is 9.99. The minimum Gasteiger partial charge on any atom is -0.347 e. The molecule has 0 radical (unpaired) electrons. The minimum absolute atomic E-state index is 0.142. The number of carbonyl (C=O) groups excluding carboxylic acids is 1. The molecule has 0 aliphatic carbocycles. The van der Waals surface area contributed by atoms with Gasteiger partial charge in [0.25, 0.3) is 5.91 Å². The average Bonchev–Trinajstić information content (AvgIpc) is 3.05. The van der Waals surface area contributed by atoms with E-state index >= 15 is 0 Å². The van der Waals surface area contributed by atoms with Gasteiger partial charge in [0.05, 0.1) is 5.01 Å². The first-order valence-corrected chi connectivity index (χ1v) is 8.67. The summed E-state index contributed by atoms with van der Waals surface area (Å²) in [6.45, 7) is 2.47. The van der Waals surface area contributed by atoms with Crippen molar-refractivity contribution in [1.29, 1.82) is 0 Å². The van der Waals surface area contributed by atoms with Gasteiger partial charge in [-0.3, -0.25) is 4.79 Å². The molecular formula is C16H18ClN3OS. The van der Waals surface area contributed by atoms with E-state index in [2.05, 4.69) is 15.6 Å². The van der Waals surface area contributed by atoms with Crippen LogP contribution in [0.5, 0.6) is 0 Å². The summed E-state index contributed by atoms with van der Waals surface area (Å²) in [5, 5.41) is 9.81. The topological polar surface area (TPSA) is 54.0 Å². The predicted molar refractivity (Wildman–Crippen MR) is 89.6 cm³/mol. The maximum absolute atomic E-state index is 12.2. The average molecular weight is 336 g/mol. The van der Waals surface area contributed by atoms with Gasteiger partial charge in [-0.05, 0) is 37.6 Å². The number of benzene rings is 1. The van der Waals surface area contributed by atoms with Gasteiger partial charge in [-0.25, -0.2) is 4.98 Å². The Kier molecular flexibility index (Phi) is 5.08. The second-order valence-corrected chi connectivity index (χ2v) is 6.67. The van der Waals surface area contributed by atoms with Gasteiger partial charge in [-0.15, -0.1) is 11.3 Å². The van der Waals surface area contributed by atoms with E-state index in [0.29, 0.717) is 23.2 Å². The van der Waals surface area contributed by atoms with E-state index in [0.717, 1.165) is 36.5 Å². The molecule has 2 N–H and O–H groups in total. The lowest BCUT2D eigenvalue weighted by molar-refractivity contribution is 0.0946. The Morgan fingerprint density at radius 3 is 2.91 bits per heavy atom. The second kappa shape index (κ2) is 7.22. The third-order valence-electron chi connectivity index (χ3n) is 3.84. The highest BCUT2D eigenvalue weighted by molar-refractivity contribution is 7.09. The number of amides is 1.